The van der Waals surface area contributed by atoms with Crippen molar-refractivity contribution in [3.05, 3.63) is 66.2 Å². The van der Waals surface area contributed by atoms with Crippen LogP contribution in [0.1, 0.15) is 37.7 Å². The molecular weight excluding hydrogens is 400 g/mol. The van der Waals surface area contributed by atoms with Crippen molar-refractivity contribution in [1.29, 1.82) is 0 Å². The highest BCUT2D eigenvalue weighted by Gasteiger charge is 2.53. The number of anilines is 1. The molecule has 1 amide bonds. The zero-order valence-electron chi connectivity index (χ0n) is 18.6. The normalized spacial score (nSPS) is 24.2. The minimum absolute atomic E-state index is 0.148. The lowest BCUT2D eigenvalue weighted by molar-refractivity contribution is -0.159. The van der Waals surface area contributed by atoms with Crippen LogP contribution < -0.4 is 4.90 Å². The molecule has 5 heteroatoms. The summed E-state index contributed by atoms with van der Waals surface area (Å²) < 4.78 is 5.71. The summed E-state index contributed by atoms with van der Waals surface area (Å²) in [4.78, 5) is 30.9. The molecule has 2 atom stereocenters. The molecule has 3 fully saturated rings. The summed E-state index contributed by atoms with van der Waals surface area (Å²) in [7, 11) is 0. The first-order valence-corrected chi connectivity index (χ1v) is 11.9. The number of rotatable bonds is 5. The number of ether oxygens (including phenoxy) is 1. The summed E-state index contributed by atoms with van der Waals surface area (Å²) in [5, 5.41) is 0. The van der Waals surface area contributed by atoms with Crippen LogP contribution in [0.2, 0.25) is 0 Å². The maximum atomic E-state index is 13.5. The Morgan fingerprint density at radius 1 is 0.844 bits per heavy atom. The fourth-order valence-electron chi connectivity index (χ4n) is 5.44. The first kappa shape index (κ1) is 21.0. The second-order valence-corrected chi connectivity index (χ2v) is 9.70. The Morgan fingerprint density at radius 3 is 2.16 bits per heavy atom. The number of esters is 1. The van der Waals surface area contributed by atoms with Gasteiger partial charge in [0, 0.05) is 31.9 Å². The van der Waals surface area contributed by atoms with Gasteiger partial charge in [0.05, 0.1) is 11.8 Å². The second kappa shape index (κ2) is 8.97. The Balaban J connectivity index is 1.22. The average Bonchev–Trinajstić information content (AvgIpc) is 3.61. The maximum Gasteiger partial charge on any atom is 0.310 e. The molecule has 32 heavy (non-hydrogen) atoms. The van der Waals surface area contributed by atoms with Crippen molar-refractivity contribution in [3.63, 3.8) is 0 Å². The van der Waals surface area contributed by atoms with Gasteiger partial charge in [-0.3, -0.25) is 9.59 Å². The average molecular weight is 433 g/mol. The SMILES string of the molecule is O=C(OCc1ccccc1)[C@@H]1CC2(CC[C@@H]1C(=O)N1CCN(c3ccccc3)CC1)CC2. The fraction of sp³-hybridized carbons (Fsp3) is 0.481. The van der Waals surface area contributed by atoms with Gasteiger partial charge in [-0.2, -0.15) is 0 Å². The Morgan fingerprint density at radius 2 is 1.50 bits per heavy atom. The van der Waals surface area contributed by atoms with Crippen molar-refractivity contribution in [1.82, 2.24) is 4.90 Å². The molecule has 0 aromatic heterocycles. The third-order valence-corrected chi connectivity index (χ3v) is 7.64. The third-order valence-electron chi connectivity index (χ3n) is 7.64. The Kier molecular flexibility index (Phi) is 5.90. The van der Waals surface area contributed by atoms with E-state index in [-0.39, 0.29) is 30.3 Å². The smallest absolute Gasteiger partial charge is 0.310 e. The first-order valence-electron chi connectivity index (χ1n) is 11.9. The molecule has 1 saturated heterocycles. The molecule has 0 unspecified atom stereocenters. The van der Waals surface area contributed by atoms with E-state index in [1.54, 1.807) is 0 Å². The fourth-order valence-corrected chi connectivity index (χ4v) is 5.44. The van der Waals surface area contributed by atoms with Crippen molar-refractivity contribution >= 4 is 17.6 Å². The molecule has 2 aromatic carbocycles. The number of para-hydroxylation sites is 1. The molecule has 3 aliphatic rings. The Bertz CT molecular complexity index is 934. The molecule has 168 valence electrons. The maximum absolute atomic E-state index is 13.5. The van der Waals surface area contributed by atoms with E-state index in [2.05, 4.69) is 17.0 Å². The summed E-state index contributed by atoms with van der Waals surface area (Å²) in [6, 6.07) is 20.1. The molecule has 5 nitrogen and oxygen atoms in total. The van der Waals surface area contributed by atoms with E-state index in [0.717, 1.165) is 37.9 Å². The molecule has 0 bridgehead atoms. The Hall–Kier alpha value is -2.82. The summed E-state index contributed by atoms with van der Waals surface area (Å²) >= 11 is 0. The number of hydrogen-bond acceptors (Lipinski definition) is 4. The number of amides is 1. The van der Waals surface area contributed by atoms with Crippen LogP contribution in [0.25, 0.3) is 0 Å². The van der Waals surface area contributed by atoms with Gasteiger partial charge >= 0.3 is 5.97 Å². The zero-order chi connectivity index (χ0) is 22.0. The molecule has 1 heterocycles. The quantitative estimate of drug-likeness (QED) is 0.662. The third kappa shape index (κ3) is 4.52. The molecular formula is C27H32N2O3. The molecule has 1 aliphatic heterocycles. The van der Waals surface area contributed by atoms with E-state index in [1.807, 2.05) is 53.4 Å². The molecule has 0 radical (unpaired) electrons. The lowest BCUT2D eigenvalue weighted by atomic mass is 9.71. The predicted molar refractivity (Wildman–Crippen MR) is 124 cm³/mol. The predicted octanol–water partition coefficient (Wildman–Crippen LogP) is 4.28. The van der Waals surface area contributed by atoms with E-state index in [4.69, 9.17) is 4.74 Å². The number of carbonyl (C=O) groups is 2. The van der Waals surface area contributed by atoms with Crippen molar-refractivity contribution in [2.75, 3.05) is 31.1 Å². The van der Waals surface area contributed by atoms with Gasteiger partial charge in [0.25, 0.3) is 0 Å². The molecule has 2 aliphatic carbocycles. The topological polar surface area (TPSA) is 49.9 Å². The van der Waals surface area contributed by atoms with Crippen LogP contribution in [0.5, 0.6) is 0 Å². The number of carbonyl (C=O) groups excluding carboxylic acids is 2. The van der Waals surface area contributed by atoms with Crippen molar-refractivity contribution in [3.8, 4) is 0 Å². The minimum atomic E-state index is -0.311. The van der Waals surface area contributed by atoms with Crippen LogP contribution in [0.3, 0.4) is 0 Å². The number of benzene rings is 2. The van der Waals surface area contributed by atoms with Gasteiger partial charge in [-0.05, 0) is 55.2 Å². The molecule has 2 saturated carbocycles. The van der Waals surface area contributed by atoms with E-state index in [9.17, 15) is 9.59 Å². The summed E-state index contributed by atoms with van der Waals surface area (Å²) in [5.74, 6) is -0.599. The second-order valence-electron chi connectivity index (χ2n) is 9.70. The van der Waals surface area contributed by atoms with Crippen LogP contribution in [0.4, 0.5) is 5.69 Å². The van der Waals surface area contributed by atoms with Crippen LogP contribution in [0.15, 0.2) is 60.7 Å². The van der Waals surface area contributed by atoms with Crippen LogP contribution in [-0.4, -0.2) is 43.0 Å². The van der Waals surface area contributed by atoms with Gasteiger partial charge in [-0.1, -0.05) is 48.5 Å². The van der Waals surface area contributed by atoms with Gasteiger partial charge < -0.3 is 14.5 Å². The first-order chi connectivity index (χ1) is 15.6. The lowest BCUT2D eigenvalue weighted by Crippen LogP contribution is -2.52. The molecule has 0 N–H and O–H groups in total. The highest BCUT2D eigenvalue weighted by Crippen LogP contribution is 2.59. The van der Waals surface area contributed by atoms with E-state index in [0.29, 0.717) is 18.5 Å². The van der Waals surface area contributed by atoms with Gasteiger partial charge in [0.1, 0.15) is 6.61 Å². The van der Waals surface area contributed by atoms with E-state index >= 15 is 0 Å². The van der Waals surface area contributed by atoms with Gasteiger partial charge in [0.15, 0.2) is 0 Å². The molecule has 5 rings (SSSR count). The van der Waals surface area contributed by atoms with Crippen molar-refractivity contribution < 1.29 is 14.3 Å². The monoisotopic (exact) mass is 432 g/mol. The van der Waals surface area contributed by atoms with Crippen molar-refractivity contribution in [2.24, 2.45) is 17.3 Å². The van der Waals surface area contributed by atoms with Crippen LogP contribution in [0, 0.1) is 17.3 Å². The minimum Gasteiger partial charge on any atom is -0.461 e. The Labute approximate surface area is 190 Å². The highest BCUT2D eigenvalue weighted by atomic mass is 16.5. The van der Waals surface area contributed by atoms with Gasteiger partial charge in [-0.25, -0.2) is 0 Å². The van der Waals surface area contributed by atoms with Crippen LogP contribution in [-0.2, 0) is 20.9 Å². The zero-order valence-corrected chi connectivity index (χ0v) is 18.6. The van der Waals surface area contributed by atoms with Gasteiger partial charge in [0.2, 0.25) is 5.91 Å². The van der Waals surface area contributed by atoms with E-state index < -0.39 is 0 Å². The summed E-state index contributed by atoms with van der Waals surface area (Å²) in [6.07, 6.45) is 5.05. The van der Waals surface area contributed by atoms with Gasteiger partial charge in [-0.15, -0.1) is 0 Å². The van der Waals surface area contributed by atoms with Crippen molar-refractivity contribution in [2.45, 2.75) is 38.7 Å². The number of hydrogen-bond donors (Lipinski definition) is 0. The number of nitrogens with zero attached hydrogens (tertiary/aromatic N) is 2. The van der Waals surface area contributed by atoms with E-state index in [1.165, 1.54) is 18.5 Å². The standard InChI is InChI=1S/C27H32N2O3/c30-25(29-17-15-28(16-18-29)22-9-5-2-6-10-22)23-11-12-27(13-14-27)19-24(23)26(31)32-20-21-7-3-1-4-8-21/h1-10,23-24H,11-20H2/t23-,24+/m0/s1. The summed E-state index contributed by atoms with van der Waals surface area (Å²) in [5.41, 5.74) is 2.48. The largest absolute Gasteiger partial charge is 0.461 e. The summed E-state index contributed by atoms with van der Waals surface area (Å²) in [6.45, 7) is 3.35. The molecule has 2 aromatic rings. The van der Waals surface area contributed by atoms with Crippen LogP contribution >= 0.6 is 0 Å². The highest BCUT2D eigenvalue weighted by molar-refractivity contribution is 5.86. The number of piperazine rings is 1. The lowest BCUT2D eigenvalue weighted by Gasteiger charge is -2.41. The molecule has 1 spiro atoms.